The summed E-state index contributed by atoms with van der Waals surface area (Å²) in [7, 11) is 1.62. The molecule has 0 unspecified atom stereocenters. The zero-order valence-electron chi connectivity index (χ0n) is 13.1. The second-order valence-corrected chi connectivity index (χ2v) is 6.48. The van der Waals surface area contributed by atoms with Crippen molar-refractivity contribution in [2.45, 2.75) is 62.9 Å². The van der Waals surface area contributed by atoms with Crippen LogP contribution in [0, 0.1) is 0 Å². The first-order valence-corrected chi connectivity index (χ1v) is 8.24. The fourth-order valence-electron chi connectivity index (χ4n) is 3.86. The number of methoxy groups -OCH3 is 1. The van der Waals surface area contributed by atoms with E-state index in [1.807, 2.05) is 18.2 Å². The molecule has 0 radical (unpaired) electrons. The Morgan fingerprint density at radius 1 is 1.14 bits per heavy atom. The van der Waals surface area contributed by atoms with Crippen LogP contribution in [-0.2, 0) is 10.2 Å². The Bertz CT molecular complexity index is 540. The smallest absolute Gasteiger partial charge is 0.314 e. The first-order chi connectivity index (χ1) is 10.7. The third-order valence-corrected chi connectivity index (χ3v) is 5.18. The molecule has 0 saturated heterocycles. The molecule has 2 saturated carbocycles. The molecule has 1 aromatic rings. The van der Waals surface area contributed by atoms with E-state index in [0.29, 0.717) is 24.3 Å². The molecule has 0 spiro atoms. The molecule has 1 aromatic carbocycles. The summed E-state index contributed by atoms with van der Waals surface area (Å²) in [5.41, 5.74) is 0.103. The normalized spacial score (nSPS) is 21.0. The van der Waals surface area contributed by atoms with Crippen LogP contribution in [0.4, 0.5) is 0 Å². The topological polar surface area (TPSA) is 55.8 Å². The molecule has 4 heteroatoms. The number of rotatable bonds is 5. The first-order valence-electron chi connectivity index (χ1n) is 8.24. The van der Waals surface area contributed by atoms with Gasteiger partial charge in [-0.25, -0.2) is 0 Å². The van der Waals surface area contributed by atoms with E-state index in [1.54, 1.807) is 7.11 Å². The summed E-state index contributed by atoms with van der Waals surface area (Å²) in [4.78, 5) is 11.9. The molecule has 3 rings (SSSR count). The molecule has 2 fully saturated rings. The Balaban J connectivity index is 1.93. The maximum absolute atomic E-state index is 11.9. The van der Waals surface area contributed by atoms with Crippen molar-refractivity contribution in [2.75, 3.05) is 7.11 Å². The highest BCUT2D eigenvalue weighted by atomic mass is 16.5. The number of hydrogen-bond acceptors (Lipinski definition) is 3. The second kappa shape index (κ2) is 6.19. The molecular formula is C18H24O4. The second-order valence-electron chi connectivity index (χ2n) is 6.48. The van der Waals surface area contributed by atoms with Gasteiger partial charge in [-0.2, -0.15) is 0 Å². The molecule has 120 valence electrons. The lowest BCUT2D eigenvalue weighted by atomic mass is 9.79. The van der Waals surface area contributed by atoms with Crippen LogP contribution in [0.5, 0.6) is 11.5 Å². The van der Waals surface area contributed by atoms with E-state index >= 15 is 0 Å². The Morgan fingerprint density at radius 3 is 2.41 bits per heavy atom. The lowest BCUT2D eigenvalue weighted by Gasteiger charge is -2.26. The molecule has 2 aliphatic rings. The van der Waals surface area contributed by atoms with Gasteiger partial charge in [-0.05, 0) is 56.2 Å². The van der Waals surface area contributed by atoms with Crippen molar-refractivity contribution in [3.8, 4) is 11.5 Å². The van der Waals surface area contributed by atoms with Crippen molar-refractivity contribution >= 4 is 5.97 Å². The standard InChI is InChI=1S/C18H24O4/c1-21-15-9-8-13(18(17(19)20)10-4-5-11-18)12-16(15)22-14-6-2-3-7-14/h8-9,12,14H,2-7,10-11H2,1H3,(H,19,20). The molecule has 1 N–H and O–H groups in total. The summed E-state index contributed by atoms with van der Waals surface area (Å²) in [5.74, 6) is 0.663. The molecule has 0 aromatic heterocycles. The molecule has 0 aliphatic heterocycles. The molecule has 0 amide bonds. The Labute approximate surface area is 131 Å². The third kappa shape index (κ3) is 2.67. The first kappa shape index (κ1) is 15.2. The molecule has 0 heterocycles. The molecule has 0 atom stereocenters. The van der Waals surface area contributed by atoms with Gasteiger partial charge in [0.05, 0.1) is 18.6 Å². The van der Waals surface area contributed by atoms with E-state index in [0.717, 1.165) is 31.2 Å². The maximum Gasteiger partial charge on any atom is 0.314 e. The lowest BCUT2D eigenvalue weighted by molar-refractivity contribution is -0.143. The van der Waals surface area contributed by atoms with E-state index in [2.05, 4.69) is 0 Å². The minimum Gasteiger partial charge on any atom is -0.493 e. The van der Waals surface area contributed by atoms with Gasteiger partial charge in [0, 0.05) is 0 Å². The van der Waals surface area contributed by atoms with Gasteiger partial charge < -0.3 is 14.6 Å². The molecule has 4 nitrogen and oxygen atoms in total. The van der Waals surface area contributed by atoms with E-state index < -0.39 is 11.4 Å². The monoisotopic (exact) mass is 304 g/mol. The van der Waals surface area contributed by atoms with Crippen LogP contribution in [0.2, 0.25) is 0 Å². The number of carboxylic acid groups (broad SMARTS) is 1. The fraction of sp³-hybridized carbons (Fsp3) is 0.611. The fourth-order valence-corrected chi connectivity index (χ4v) is 3.86. The van der Waals surface area contributed by atoms with Crippen LogP contribution in [0.15, 0.2) is 18.2 Å². The van der Waals surface area contributed by atoms with Gasteiger partial charge in [0.15, 0.2) is 11.5 Å². The highest BCUT2D eigenvalue weighted by Gasteiger charge is 2.43. The van der Waals surface area contributed by atoms with Crippen molar-refractivity contribution in [1.82, 2.24) is 0 Å². The summed E-state index contributed by atoms with van der Waals surface area (Å²) in [6.07, 6.45) is 8.11. The minimum absolute atomic E-state index is 0.230. The number of carbonyl (C=O) groups is 1. The van der Waals surface area contributed by atoms with E-state index in [4.69, 9.17) is 9.47 Å². The van der Waals surface area contributed by atoms with Gasteiger partial charge in [0.1, 0.15) is 0 Å². The quantitative estimate of drug-likeness (QED) is 0.896. The highest BCUT2D eigenvalue weighted by molar-refractivity contribution is 5.82. The summed E-state index contributed by atoms with van der Waals surface area (Å²) < 4.78 is 11.5. The molecule has 2 aliphatic carbocycles. The number of aliphatic carboxylic acids is 1. The van der Waals surface area contributed by atoms with E-state index in [-0.39, 0.29) is 6.10 Å². The van der Waals surface area contributed by atoms with Crippen LogP contribution in [0.3, 0.4) is 0 Å². The summed E-state index contributed by atoms with van der Waals surface area (Å²) in [5, 5.41) is 9.75. The Kier molecular flexibility index (Phi) is 4.27. The van der Waals surface area contributed by atoms with Crippen LogP contribution in [0.1, 0.15) is 56.9 Å². The van der Waals surface area contributed by atoms with Crippen LogP contribution in [-0.4, -0.2) is 24.3 Å². The van der Waals surface area contributed by atoms with Crippen LogP contribution < -0.4 is 9.47 Å². The van der Waals surface area contributed by atoms with Crippen LogP contribution >= 0.6 is 0 Å². The average molecular weight is 304 g/mol. The van der Waals surface area contributed by atoms with Crippen LogP contribution in [0.25, 0.3) is 0 Å². The van der Waals surface area contributed by atoms with Crippen molar-refractivity contribution < 1.29 is 19.4 Å². The number of hydrogen-bond donors (Lipinski definition) is 1. The van der Waals surface area contributed by atoms with E-state index in [9.17, 15) is 9.90 Å². The van der Waals surface area contributed by atoms with Gasteiger partial charge in [-0.3, -0.25) is 4.79 Å². The number of ether oxygens (including phenoxy) is 2. The Hall–Kier alpha value is -1.71. The predicted octanol–water partition coefficient (Wildman–Crippen LogP) is 3.91. The highest BCUT2D eigenvalue weighted by Crippen LogP contribution is 2.44. The van der Waals surface area contributed by atoms with Crippen molar-refractivity contribution in [3.05, 3.63) is 23.8 Å². The van der Waals surface area contributed by atoms with E-state index in [1.165, 1.54) is 12.8 Å². The Morgan fingerprint density at radius 2 is 1.82 bits per heavy atom. The maximum atomic E-state index is 11.9. The molecule has 22 heavy (non-hydrogen) atoms. The van der Waals surface area contributed by atoms with Crippen molar-refractivity contribution in [3.63, 3.8) is 0 Å². The van der Waals surface area contributed by atoms with Gasteiger partial charge in [-0.15, -0.1) is 0 Å². The molecule has 0 bridgehead atoms. The predicted molar refractivity (Wildman–Crippen MR) is 83.7 cm³/mol. The van der Waals surface area contributed by atoms with Gasteiger partial charge >= 0.3 is 5.97 Å². The average Bonchev–Trinajstić information content (AvgIpc) is 3.19. The summed E-state index contributed by atoms with van der Waals surface area (Å²) >= 11 is 0. The largest absolute Gasteiger partial charge is 0.493 e. The van der Waals surface area contributed by atoms with Gasteiger partial charge in [0.25, 0.3) is 0 Å². The number of benzene rings is 1. The van der Waals surface area contributed by atoms with Crippen molar-refractivity contribution in [1.29, 1.82) is 0 Å². The van der Waals surface area contributed by atoms with Gasteiger partial charge in [0.2, 0.25) is 0 Å². The number of carboxylic acids is 1. The van der Waals surface area contributed by atoms with Gasteiger partial charge in [-0.1, -0.05) is 18.9 Å². The summed E-state index contributed by atoms with van der Waals surface area (Å²) in [6.45, 7) is 0. The minimum atomic E-state index is -0.750. The molecular weight excluding hydrogens is 280 g/mol. The zero-order valence-corrected chi connectivity index (χ0v) is 13.1. The SMILES string of the molecule is COc1ccc(C2(C(=O)O)CCCC2)cc1OC1CCCC1. The lowest BCUT2D eigenvalue weighted by Crippen LogP contribution is -2.32. The summed E-state index contributed by atoms with van der Waals surface area (Å²) in [6, 6.07) is 5.64. The van der Waals surface area contributed by atoms with Crippen molar-refractivity contribution in [2.24, 2.45) is 0 Å². The third-order valence-electron chi connectivity index (χ3n) is 5.18. The zero-order chi connectivity index (χ0) is 15.6.